The smallest absolute Gasteiger partial charge is 0.151 e. The Morgan fingerprint density at radius 3 is 2.47 bits per heavy atom. The van der Waals surface area contributed by atoms with Gasteiger partial charge in [-0.25, -0.2) is 0 Å². The molecule has 0 amide bonds. The zero-order chi connectivity index (χ0) is 21.8. The standard InChI is InChI=1S/C23H27N9/c1-13-22-17(20-12-24-32(3)30-20)6-7-18(23(22)29-26-13)19-8-9-21(28-27-19)31(2)16-10-14-4-5-15(11-16)25-14/h6-9,12,14-16,25H,4-5,10-11H2,1-3H3,(H,26,29)/t14-,15+,16?. The van der Waals surface area contributed by atoms with E-state index in [-0.39, 0.29) is 0 Å². The predicted octanol–water partition coefficient (Wildman–Crippen LogP) is 2.84. The highest BCUT2D eigenvalue weighted by Gasteiger charge is 2.35. The number of aryl methyl sites for hydroxylation is 2. The third-order valence-electron chi connectivity index (χ3n) is 7.06. The molecule has 5 heterocycles. The van der Waals surface area contributed by atoms with E-state index in [9.17, 15) is 0 Å². The molecule has 2 saturated heterocycles. The molecule has 2 aliphatic rings. The predicted molar refractivity (Wildman–Crippen MR) is 123 cm³/mol. The average Bonchev–Trinajstić information content (AvgIpc) is 3.51. The lowest BCUT2D eigenvalue weighted by Crippen LogP contribution is -2.47. The summed E-state index contributed by atoms with van der Waals surface area (Å²) in [6.45, 7) is 2.00. The molecule has 2 N–H and O–H groups in total. The number of rotatable bonds is 4. The molecule has 4 aromatic rings. The van der Waals surface area contributed by atoms with Gasteiger partial charge in [0.2, 0.25) is 0 Å². The SMILES string of the molecule is Cc1n[nH]c2c(-c3ccc(N(C)C4C[C@H]5CC[C@@H](C4)N5)nn3)ccc(-c3cnn(C)n3)c12. The van der Waals surface area contributed by atoms with E-state index in [1.807, 2.05) is 14.0 Å². The Morgan fingerprint density at radius 1 is 1.00 bits per heavy atom. The number of anilines is 1. The van der Waals surface area contributed by atoms with Crippen molar-refractivity contribution in [1.29, 1.82) is 0 Å². The molecular weight excluding hydrogens is 402 g/mol. The highest BCUT2D eigenvalue weighted by molar-refractivity contribution is 6.03. The molecule has 0 radical (unpaired) electrons. The molecule has 2 fully saturated rings. The molecule has 9 heteroatoms. The van der Waals surface area contributed by atoms with Crippen LogP contribution in [0.5, 0.6) is 0 Å². The number of aromatic nitrogens is 7. The summed E-state index contributed by atoms with van der Waals surface area (Å²) >= 11 is 0. The second-order valence-corrected chi connectivity index (χ2v) is 9.09. The number of benzene rings is 1. The van der Waals surface area contributed by atoms with Crippen LogP contribution in [0.4, 0.5) is 5.82 Å². The number of nitrogens with zero attached hydrogens (tertiary/aromatic N) is 7. The summed E-state index contributed by atoms with van der Waals surface area (Å²) in [5.74, 6) is 0.924. The Balaban J connectivity index is 1.32. The third-order valence-corrected chi connectivity index (χ3v) is 7.06. The van der Waals surface area contributed by atoms with Crippen LogP contribution in [0.2, 0.25) is 0 Å². The molecule has 1 unspecified atom stereocenters. The molecule has 0 spiro atoms. The van der Waals surface area contributed by atoms with Crippen LogP contribution in [0.3, 0.4) is 0 Å². The summed E-state index contributed by atoms with van der Waals surface area (Å²) < 4.78 is 0. The number of hydrogen-bond acceptors (Lipinski definition) is 7. The largest absolute Gasteiger partial charge is 0.355 e. The van der Waals surface area contributed by atoms with Crippen molar-refractivity contribution in [2.75, 3.05) is 11.9 Å². The van der Waals surface area contributed by atoms with Gasteiger partial charge in [0, 0.05) is 48.7 Å². The van der Waals surface area contributed by atoms with Crippen LogP contribution < -0.4 is 10.2 Å². The van der Waals surface area contributed by atoms with Gasteiger partial charge in [-0.2, -0.15) is 20.1 Å². The maximum atomic E-state index is 4.60. The first kappa shape index (κ1) is 19.4. The Kier molecular flexibility index (Phi) is 4.46. The summed E-state index contributed by atoms with van der Waals surface area (Å²) in [7, 11) is 3.96. The van der Waals surface area contributed by atoms with Gasteiger partial charge in [-0.05, 0) is 50.8 Å². The van der Waals surface area contributed by atoms with E-state index in [0.29, 0.717) is 18.1 Å². The van der Waals surface area contributed by atoms with Crippen LogP contribution in [-0.2, 0) is 7.05 Å². The van der Waals surface area contributed by atoms with Crippen molar-refractivity contribution < 1.29 is 0 Å². The molecule has 3 aromatic heterocycles. The fourth-order valence-corrected chi connectivity index (χ4v) is 5.37. The summed E-state index contributed by atoms with van der Waals surface area (Å²) in [6, 6.07) is 10.1. The van der Waals surface area contributed by atoms with Gasteiger partial charge in [0.25, 0.3) is 0 Å². The van der Waals surface area contributed by atoms with Gasteiger partial charge >= 0.3 is 0 Å². The van der Waals surface area contributed by atoms with Crippen molar-refractivity contribution in [1.82, 2.24) is 40.7 Å². The van der Waals surface area contributed by atoms with Crippen LogP contribution in [0, 0.1) is 6.92 Å². The van der Waals surface area contributed by atoms with E-state index in [2.05, 4.69) is 72.1 Å². The minimum Gasteiger partial charge on any atom is -0.355 e. The summed E-state index contributed by atoms with van der Waals surface area (Å²) in [5.41, 5.74) is 5.51. The first-order chi connectivity index (χ1) is 15.6. The summed E-state index contributed by atoms with van der Waals surface area (Å²) in [5, 5.41) is 30.3. The fraction of sp³-hybridized carbons (Fsp3) is 0.435. The molecule has 9 nitrogen and oxygen atoms in total. The second kappa shape index (κ2) is 7.37. The molecule has 164 valence electrons. The Bertz CT molecular complexity index is 1260. The lowest BCUT2D eigenvalue weighted by molar-refractivity contribution is 0.353. The van der Waals surface area contributed by atoms with Crippen LogP contribution in [0.1, 0.15) is 31.4 Å². The number of hydrogen-bond donors (Lipinski definition) is 2. The number of aromatic amines is 1. The number of H-pyrrole nitrogens is 1. The van der Waals surface area contributed by atoms with E-state index >= 15 is 0 Å². The van der Waals surface area contributed by atoms with Gasteiger partial charge in [0.05, 0.1) is 23.1 Å². The normalized spacial score (nSPS) is 22.5. The van der Waals surface area contributed by atoms with Crippen molar-refractivity contribution in [3.63, 3.8) is 0 Å². The minimum atomic E-state index is 0.516. The molecule has 0 saturated carbocycles. The Hall–Kier alpha value is -3.33. The van der Waals surface area contributed by atoms with E-state index in [0.717, 1.165) is 44.9 Å². The van der Waals surface area contributed by atoms with Gasteiger partial charge in [-0.3, -0.25) is 5.10 Å². The number of piperidine rings is 1. The molecular formula is C23H27N9. The Morgan fingerprint density at radius 2 is 1.78 bits per heavy atom. The monoisotopic (exact) mass is 429 g/mol. The van der Waals surface area contributed by atoms with Crippen molar-refractivity contribution in [3.05, 3.63) is 36.2 Å². The molecule has 2 aliphatic heterocycles. The van der Waals surface area contributed by atoms with Gasteiger partial charge in [0.15, 0.2) is 5.82 Å². The topological polar surface area (TPSA) is 100 Å². The minimum absolute atomic E-state index is 0.516. The first-order valence-electron chi connectivity index (χ1n) is 11.2. The quantitative estimate of drug-likeness (QED) is 0.514. The molecule has 6 rings (SSSR count). The van der Waals surface area contributed by atoms with Crippen LogP contribution in [0.25, 0.3) is 33.4 Å². The molecule has 32 heavy (non-hydrogen) atoms. The summed E-state index contributed by atoms with van der Waals surface area (Å²) in [6.07, 6.45) is 6.72. The molecule has 3 atom stereocenters. The lowest BCUT2D eigenvalue weighted by atomic mass is 9.98. The first-order valence-corrected chi connectivity index (χ1v) is 11.2. The van der Waals surface area contributed by atoms with Crippen molar-refractivity contribution >= 4 is 16.7 Å². The van der Waals surface area contributed by atoms with E-state index in [1.54, 1.807) is 11.0 Å². The van der Waals surface area contributed by atoms with Gasteiger partial charge < -0.3 is 10.2 Å². The zero-order valence-corrected chi connectivity index (χ0v) is 18.6. The third kappa shape index (κ3) is 3.15. The van der Waals surface area contributed by atoms with Crippen molar-refractivity contribution in [2.45, 2.75) is 50.7 Å². The Labute approximate surface area is 186 Å². The fourth-order valence-electron chi connectivity index (χ4n) is 5.37. The maximum Gasteiger partial charge on any atom is 0.151 e. The highest BCUT2D eigenvalue weighted by Crippen LogP contribution is 2.35. The van der Waals surface area contributed by atoms with Crippen LogP contribution in [-0.4, -0.2) is 60.6 Å². The lowest BCUT2D eigenvalue weighted by Gasteiger charge is -2.36. The van der Waals surface area contributed by atoms with E-state index in [1.165, 1.54) is 25.7 Å². The second-order valence-electron chi connectivity index (χ2n) is 9.09. The van der Waals surface area contributed by atoms with Gasteiger partial charge in [0.1, 0.15) is 5.69 Å². The molecule has 1 aromatic carbocycles. The number of nitrogens with one attached hydrogen (secondary N) is 2. The number of fused-ring (bicyclic) bond motifs is 3. The van der Waals surface area contributed by atoms with Crippen molar-refractivity contribution in [3.8, 4) is 22.5 Å². The van der Waals surface area contributed by atoms with Crippen molar-refractivity contribution in [2.24, 2.45) is 7.05 Å². The average molecular weight is 430 g/mol. The van der Waals surface area contributed by atoms with E-state index < -0.39 is 0 Å². The zero-order valence-electron chi connectivity index (χ0n) is 18.6. The van der Waals surface area contributed by atoms with Gasteiger partial charge in [-0.15, -0.1) is 10.2 Å². The molecule has 0 aliphatic carbocycles. The maximum absolute atomic E-state index is 4.60. The van der Waals surface area contributed by atoms with Gasteiger partial charge in [-0.1, -0.05) is 6.07 Å². The van der Waals surface area contributed by atoms with Crippen LogP contribution in [0.15, 0.2) is 30.5 Å². The molecule has 2 bridgehead atoms. The highest BCUT2D eigenvalue weighted by atomic mass is 15.4. The van der Waals surface area contributed by atoms with E-state index in [4.69, 9.17) is 0 Å². The summed E-state index contributed by atoms with van der Waals surface area (Å²) in [4.78, 5) is 3.87. The van der Waals surface area contributed by atoms with Crippen LogP contribution >= 0.6 is 0 Å².